The molecule has 3 saturated heterocycles. The minimum absolute atomic E-state index is 0.743. The van der Waals surface area contributed by atoms with Crippen molar-refractivity contribution in [3.05, 3.63) is 36.0 Å². The number of aryl methyl sites for hydroxylation is 1. The summed E-state index contributed by atoms with van der Waals surface area (Å²) in [6.07, 6.45) is 6.87. The number of anilines is 1. The summed E-state index contributed by atoms with van der Waals surface area (Å²) in [7, 11) is 0. The molecule has 29 heavy (non-hydrogen) atoms. The number of nitrogens with one attached hydrogen (secondary N) is 1. The predicted octanol–water partition coefficient (Wildman–Crippen LogP) is 3.43. The van der Waals surface area contributed by atoms with E-state index < -0.39 is 0 Å². The molecule has 5 nitrogen and oxygen atoms in total. The summed E-state index contributed by atoms with van der Waals surface area (Å²) in [5.74, 6) is 0.828. The zero-order valence-corrected chi connectivity index (χ0v) is 17.8. The van der Waals surface area contributed by atoms with Crippen molar-refractivity contribution in [1.82, 2.24) is 20.3 Å². The van der Waals surface area contributed by atoms with Gasteiger partial charge in [-0.2, -0.15) is 0 Å². The van der Waals surface area contributed by atoms with Gasteiger partial charge in [0.05, 0.1) is 5.52 Å². The standard InChI is InChI=1S/C24H35N5/c1-19-17-24(21-8-2-3-9-22(21)26-19)27-13-15-28(16-14-27)29-12-5-4-10-23(29)20-7-6-11-25-18-20/h2-3,8-9,17,20,23,25H,4-7,10-16,18H2,1H3. The predicted molar refractivity (Wildman–Crippen MR) is 120 cm³/mol. The van der Waals surface area contributed by atoms with E-state index in [1.165, 1.54) is 62.8 Å². The third kappa shape index (κ3) is 4.00. The van der Waals surface area contributed by atoms with Crippen LogP contribution in [0, 0.1) is 12.8 Å². The topological polar surface area (TPSA) is 34.6 Å². The molecule has 2 atom stereocenters. The molecule has 0 saturated carbocycles. The first-order valence-electron chi connectivity index (χ1n) is 11.6. The summed E-state index contributed by atoms with van der Waals surface area (Å²) in [6, 6.07) is 11.6. The fourth-order valence-electron chi connectivity index (χ4n) is 5.72. The van der Waals surface area contributed by atoms with Crippen molar-refractivity contribution in [3.63, 3.8) is 0 Å². The minimum Gasteiger partial charge on any atom is -0.368 e. The Morgan fingerprint density at radius 2 is 1.83 bits per heavy atom. The van der Waals surface area contributed by atoms with Gasteiger partial charge >= 0.3 is 0 Å². The van der Waals surface area contributed by atoms with Crippen LogP contribution in [-0.4, -0.2) is 66.9 Å². The van der Waals surface area contributed by atoms with E-state index in [9.17, 15) is 0 Å². The van der Waals surface area contributed by atoms with Gasteiger partial charge < -0.3 is 10.2 Å². The van der Waals surface area contributed by atoms with Gasteiger partial charge in [0, 0.05) is 55.5 Å². The van der Waals surface area contributed by atoms with Crippen LogP contribution in [0.3, 0.4) is 0 Å². The highest BCUT2D eigenvalue weighted by Crippen LogP contribution is 2.31. The number of pyridine rings is 1. The summed E-state index contributed by atoms with van der Waals surface area (Å²) in [4.78, 5) is 7.31. The van der Waals surface area contributed by atoms with E-state index in [1.807, 2.05) is 0 Å². The Morgan fingerprint density at radius 3 is 2.66 bits per heavy atom. The number of fused-ring (bicyclic) bond motifs is 1. The molecule has 156 valence electrons. The zero-order chi connectivity index (χ0) is 19.6. The van der Waals surface area contributed by atoms with Gasteiger partial charge in [-0.1, -0.05) is 24.6 Å². The van der Waals surface area contributed by atoms with Crippen LogP contribution in [0.2, 0.25) is 0 Å². The second kappa shape index (κ2) is 8.58. The monoisotopic (exact) mass is 393 g/mol. The minimum atomic E-state index is 0.743. The molecule has 3 aliphatic rings. The molecule has 0 aliphatic carbocycles. The van der Waals surface area contributed by atoms with Crippen LogP contribution in [0.15, 0.2) is 30.3 Å². The average molecular weight is 394 g/mol. The number of para-hydroxylation sites is 1. The first-order chi connectivity index (χ1) is 14.3. The quantitative estimate of drug-likeness (QED) is 0.864. The number of nitrogens with zero attached hydrogens (tertiary/aromatic N) is 4. The molecule has 1 aromatic carbocycles. The van der Waals surface area contributed by atoms with Crippen LogP contribution in [-0.2, 0) is 0 Å². The molecule has 4 heterocycles. The van der Waals surface area contributed by atoms with Crippen LogP contribution in [0.25, 0.3) is 10.9 Å². The van der Waals surface area contributed by atoms with Gasteiger partial charge in [-0.3, -0.25) is 4.98 Å². The SMILES string of the molecule is Cc1cc(N2CCN(N3CCCCC3C3CCCNC3)CC2)c2ccccc2n1. The van der Waals surface area contributed by atoms with E-state index in [0.29, 0.717) is 0 Å². The molecule has 0 amide bonds. The summed E-state index contributed by atoms with van der Waals surface area (Å²) in [5.41, 5.74) is 3.59. The third-order valence-electron chi connectivity index (χ3n) is 7.18. The van der Waals surface area contributed by atoms with Crippen molar-refractivity contribution < 1.29 is 0 Å². The number of rotatable bonds is 3. The van der Waals surface area contributed by atoms with Crippen molar-refractivity contribution in [3.8, 4) is 0 Å². The van der Waals surface area contributed by atoms with E-state index in [2.05, 4.69) is 57.5 Å². The number of benzene rings is 1. The van der Waals surface area contributed by atoms with E-state index >= 15 is 0 Å². The Labute approximate surface area is 175 Å². The van der Waals surface area contributed by atoms with Crippen LogP contribution in [0.1, 0.15) is 37.8 Å². The number of piperidine rings is 2. The molecule has 1 aromatic heterocycles. The molecule has 0 spiro atoms. The summed E-state index contributed by atoms with van der Waals surface area (Å²) < 4.78 is 0. The van der Waals surface area contributed by atoms with E-state index in [4.69, 9.17) is 4.98 Å². The van der Waals surface area contributed by atoms with E-state index in [1.54, 1.807) is 0 Å². The molecular formula is C24H35N5. The zero-order valence-electron chi connectivity index (χ0n) is 17.8. The van der Waals surface area contributed by atoms with Gasteiger partial charge in [-0.25, -0.2) is 10.0 Å². The van der Waals surface area contributed by atoms with Crippen LogP contribution >= 0.6 is 0 Å². The number of piperazine rings is 1. The molecule has 3 fully saturated rings. The smallest absolute Gasteiger partial charge is 0.0726 e. The van der Waals surface area contributed by atoms with Gasteiger partial charge in [-0.05, 0) is 63.7 Å². The van der Waals surface area contributed by atoms with Gasteiger partial charge in [0.15, 0.2) is 0 Å². The maximum Gasteiger partial charge on any atom is 0.0726 e. The van der Waals surface area contributed by atoms with Crippen molar-refractivity contribution in [2.75, 3.05) is 50.7 Å². The largest absolute Gasteiger partial charge is 0.368 e. The molecule has 5 heteroatoms. The number of hydrazine groups is 1. The molecule has 0 radical (unpaired) electrons. The first kappa shape index (κ1) is 19.3. The maximum atomic E-state index is 4.73. The summed E-state index contributed by atoms with van der Waals surface area (Å²) >= 11 is 0. The summed E-state index contributed by atoms with van der Waals surface area (Å²) in [6.45, 7) is 10.2. The number of hydrogen-bond donors (Lipinski definition) is 1. The lowest BCUT2D eigenvalue weighted by molar-refractivity contribution is -0.100. The number of hydrogen-bond acceptors (Lipinski definition) is 5. The van der Waals surface area contributed by atoms with Crippen LogP contribution in [0.4, 0.5) is 5.69 Å². The molecule has 2 unspecified atom stereocenters. The van der Waals surface area contributed by atoms with E-state index in [0.717, 1.165) is 49.3 Å². The van der Waals surface area contributed by atoms with Crippen molar-refractivity contribution in [2.24, 2.45) is 5.92 Å². The first-order valence-corrected chi connectivity index (χ1v) is 11.6. The second-order valence-electron chi connectivity index (χ2n) is 9.07. The molecule has 3 aliphatic heterocycles. The fraction of sp³-hybridized carbons (Fsp3) is 0.625. The average Bonchev–Trinajstić information content (AvgIpc) is 2.79. The van der Waals surface area contributed by atoms with Crippen molar-refractivity contribution in [2.45, 2.75) is 45.1 Å². The Morgan fingerprint density at radius 1 is 0.966 bits per heavy atom. The van der Waals surface area contributed by atoms with Crippen molar-refractivity contribution >= 4 is 16.6 Å². The third-order valence-corrected chi connectivity index (χ3v) is 7.18. The maximum absolute atomic E-state index is 4.73. The normalized spacial score (nSPS) is 27.4. The van der Waals surface area contributed by atoms with Gasteiger partial charge in [0.2, 0.25) is 0 Å². The number of aromatic nitrogens is 1. The lowest BCUT2D eigenvalue weighted by Crippen LogP contribution is -2.60. The van der Waals surface area contributed by atoms with Crippen LogP contribution in [0.5, 0.6) is 0 Å². The Balaban J connectivity index is 1.30. The highest BCUT2D eigenvalue weighted by molar-refractivity contribution is 5.92. The molecule has 5 rings (SSSR count). The summed E-state index contributed by atoms with van der Waals surface area (Å²) in [5, 5.41) is 10.4. The Hall–Kier alpha value is -1.69. The molecule has 1 N–H and O–H groups in total. The molecule has 0 bridgehead atoms. The fourth-order valence-corrected chi connectivity index (χ4v) is 5.72. The lowest BCUT2D eigenvalue weighted by atomic mass is 9.86. The lowest BCUT2D eigenvalue weighted by Gasteiger charge is -2.50. The second-order valence-corrected chi connectivity index (χ2v) is 9.07. The van der Waals surface area contributed by atoms with Gasteiger partial charge in [-0.15, -0.1) is 0 Å². The molecule has 2 aromatic rings. The van der Waals surface area contributed by atoms with Crippen molar-refractivity contribution in [1.29, 1.82) is 0 Å². The highest BCUT2D eigenvalue weighted by Gasteiger charge is 2.35. The van der Waals surface area contributed by atoms with Gasteiger partial charge in [0.1, 0.15) is 0 Å². The Bertz CT molecular complexity index is 823. The van der Waals surface area contributed by atoms with Gasteiger partial charge in [0.25, 0.3) is 0 Å². The Kier molecular flexibility index (Phi) is 5.71. The highest BCUT2D eigenvalue weighted by atomic mass is 15.6. The molecular weight excluding hydrogens is 358 g/mol. The van der Waals surface area contributed by atoms with E-state index in [-0.39, 0.29) is 0 Å². The van der Waals surface area contributed by atoms with Crippen LogP contribution < -0.4 is 10.2 Å².